The van der Waals surface area contributed by atoms with Crippen LogP contribution >= 0.6 is 0 Å². The fourth-order valence-corrected chi connectivity index (χ4v) is 1.54. The van der Waals surface area contributed by atoms with Gasteiger partial charge in [0.25, 0.3) is 5.82 Å². The second-order valence-electron chi connectivity index (χ2n) is 3.78. The topological polar surface area (TPSA) is 97.6 Å². The second kappa shape index (κ2) is 4.86. The third-order valence-electron chi connectivity index (χ3n) is 2.52. The fourth-order valence-electron chi connectivity index (χ4n) is 1.54. The van der Waals surface area contributed by atoms with E-state index in [-0.39, 0.29) is 18.5 Å². The molecular weight excluding hydrogens is 240 g/mol. The predicted molar refractivity (Wildman–Crippen MR) is 59.1 cm³/mol. The molecule has 0 bridgehead atoms. The molecule has 2 heterocycles. The maximum Gasteiger partial charge on any atom is 0.410 e. The summed E-state index contributed by atoms with van der Waals surface area (Å²) >= 11 is 0. The molecule has 0 atom stereocenters. The van der Waals surface area contributed by atoms with Gasteiger partial charge < -0.3 is 14.7 Å². The van der Waals surface area contributed by atoms with Gasteiger partial charge in [0.15, 0.2) is 0 Å². The van der Waals surface area contributed by atoms with E-state index in [1.807, 2.05) is 0 Å². The van der Waals surface area contributed by atoms with Gasteiger partial charge in [-0.1, -0.05) is 12.7 Å². The van der Waals surface area contributed by atoms with Crippen molar-refractivity contribution in [2.75, 3.05) is 19.7 Å². The second-order valence-corrected chi connectivity index (χ2v) is 3.78. The molecule has 0 unspecified atom stereocenters. The van der Waals surface area contributed by atoms with Gasteiger partial charge in [-0.2, -0.15) is 0 Å². The van der Waals surface area contributed by atoms with Gasteiger partial charge >= 0.3 is 12.1 Å². The highest BCUT2D eigenvalue weighted by atomic mass is 16.6. The maximum atomic E-state index is 11.4. The SMILES string of the molecule is C=CCOC(=O)N1CC(n2cnc(C(=O)O)n2)C1. The van der Waals surface area contributed by atoms with Crippen molar-refractivity contribution in [1.29, 1.82) is 0 Å². The van der Waals surface area contributed by atoms with Gasteiger partial charge in [-0.25, -0.2) is 19.3 Å². The number of aromatic nitrogens is 3. The zero-order valence-electron chi connectivity index (χ0n) is 9.52. The molecule has 0 radical (unpaired) electrons. The van der Waals surface area contributed by atoms with E-state index in [9.17, 15) is 9.59 Å². The van der Waals surface area contributed by atoms with E-state index in [0.29, 0.717) is 13.1 Å². The van der Waals surface area contributed by atoms with Crippen molar-refractivity contribution in [2.24, 2.45) is 0 Å². The molecule has 0 aliphatic carbocycles. The number of hydrogen-bond acceptors (Lipinski definition) is 5. The Hall–Kier alpha value is -2.38. The van der Waals surface area contributed by atoms with Crippen LogP contribution in [0.1, 0.15) is 16.7 Å². The molecule has 1 fully saturated rings. The molecule has 1 aromatic heterocycles. The summed E-state index contributed by atoms with van der Waals surface area (Å²) in [6, 6.07) is -0.0538. The Labute approximate surface area is 102 Å². The minimum Gasteiger partial charge on any atom is -0.475 e. The van der Waals surface area contributed by atoms with Crippen LogP contribution in [-0.4, -0.2) is 56.5 Å². The number of nitrogens with zero attached hydrogens (tertiary/aromatic N) is 4. The number of amides is 1. The van der Waals surface area contributed by atoms with Crippen molar-refractivity contribution in [2.45, 2.75) is 6.04 Å². The van der Waals surface area contributed by atoms with Gasteiger partial charge in [0.2, 0.25) is 0 Å². The average molecular weight is 252 g/mol. The number of ether oxygens (including phenoxy) is 1. The van der Waals surface area contributed by atoms with Crippen LogP contribution in [0.5, 0.6) is 0 Å². The molecule has 1 aliphatic heterocycles. The fraction of sp³-hybridized carbons (Fsp3) is 0.400. The summed E-state index contributed by atoms with van der Waals surface area (Å²) in [6.07, 6.45) is 2.43. The van der Waals surface area contributed by atoms with Crippen molar-refractivity contribution in [3.8, 4) is 0 Å². The number of likely N-dealkylation sites (tertiary alicyclic amines) is 1. The third kappa shape index (κ3) is 2.31. The number of rotatable bonds is 4. The summed E-state index contributed by atoms with van der Waals surface area (Å²) in [6.45, 7) is 4.47. The van der Waals surface area contributed by atoms with Crippen LogP contribution in [0.3, 0.4) is 0 Å². The van der Waals surface area contributed by atoms with Crippen LogP contribution in [0.2, 0.25) is 0 Å². The first-order valence-electron chi connectivity index (χ1n) is 5.29. The standard InChI is InChI=1S/C10H12N4O4/c1-2-3-18-10(17)13-4-7(5-13)14-6-11-8(12-14)9(15)16/h2,6-7H,1,3-5H2,(H,15,16). The Balaban J connectivity index is 1.86. The molecule has 96 valence electrons. The minimum absolute atomic E-state index is 0.0538. The van der Waals surface area contributed by atoms with Gasteiger partial charge in [-0.3, -0.25) is 0 Å². The van der Waals surface area contributed by atoms with Crippen molar-refractivity contribution in [1.82, 2.24) is 19.7 Å². The van der Waals surface area contributed by atoms with Crippen molar-refractivity contribution in [3.63, 3.8) is 0 Å². The molecule has 18 heavy (non-hydrogen) atoms. The van der Waals surface area contributed by atoms with E-state index in [2.05, 4.69) is 16.7 Å². The first-order valence-corrected chi connectivity index (χ1v) is 5.29. The van der Waals surface area contributed by atoms with Crippen LogP contribution in [-0.2, 0) is 4.74 Å². The number of carboxylic acid groups (broad SMARTS) is 1. The summed E-state index contributed by atoms with van der Waals surface area (Å²) in [4.78, 5) is 27.1. The van der Waals surface area contributed by atoms with Gasteiger partial charge in [-0.15, -0.1) is 5.10 Å². The number of carbonyl (C=O) groups is 2. The minimum atomic E-state index is -1.17. The normalized spacial score (nSPS) is 15.0. The molecule has 8 heteroatoms. The lowest BCUT2D eigenvalue weighted by Gasteiger charge is -2.37. The van der Waals surface area contributed by atoms with Crippen LogP contribution in [0, 0.1) is 0 Å². The lowest BCUT2D eigenvalue weighted by molar-refractivity contribution is 0.0587. The highest BCUT2D eigenvalue weighted by molar-refractivity contribution is 5.82. The summed E-state index contributed by atoms with van der Waals surface area (Å²) in [5.41, 5.74) is 0. The van der Waals surface area contributed by atoms with Crippen molar-refractivity contribution < 1.29 is 19.4 Å². The number of carbonyl (C=O) groups excluding carboxylic acids is 1. The average Bonchev–Trinajstić information content (AvgIpc) is 2.73. The summed E-state index contributed by atoms with van der Waals surface area (Å²) in [7, 11) is 0. The van der Waals surface area contributed by atoms with Crippen LogP contribution in [0.25, 0.3) is 0 Å². The Bertz CT molecular complexity index is 478. The molecule has 8 nitrogen and oxygen atoms in total. The number of aromatic carboxylic acids is 1. The highest BCUT2D eigenvalue weighted by Crippen LogP contribution is 2.20. The molecule has 0 spiro atoms. The summed E-state index contributed by atoms with van der Waals surface area (Å²) in [5, 5.41) is 12.5. The van der Waals surface area contributed by atoms with Crippen LogP contribution in [0.15, 0.2) is 19.0 Å². The Morgan fingerprint density at radius 3 is 2.89 bits per heavy atom. The number of hydrogen-bond donors (Lipinski definition) is 1. The zero-order chi connectivity index (χ0) is 13.1. The quantitative estimate of drug-likeness (QED) is 0.766. The zero-order valence-corrected chi connectivity index (χ0v) is 9.52. The van der Waals surface area contributed by atoms with E-state index in [4.69, 9.17) is 9.84 Å². The van der Waals surface area contributed by atoms with E-state index < -0.39 is 12.1 Å². The number of carboxylic acids is 1. The van der Waals surface area contributed by atoms with E-state index >= 15 is 0 Å². The predicted octanol–water partition coefficient (Wildman–Crippen LogP) is 0.156. The molecule has 1 N–H and O–H groups in total. The lowest BCUT2D eigenvalue weighted by atomic mass is 10.1. The first kappa shape index (κ1) is 12.1. The Morgan fingerprint density at radius 2 is 2.33 bits per heavy atom. The van der Waals surface area contributed by atoms with E-state index in [1.54, 1.807) is 0 Å². The molecule has 1 aliphatic rings. The molecule has 1 saturated heterocycles. The smallest absolute Gasteiger partial charge is 0.410 e. The Morgan fingerprint density at radius 1 is 1.61 bits per heavy atom. The molecule has 1 aromatic rings. The molecule has 0 saturated carbocycles. The van der Waals surface area contributed by atoms with Gasteiger partial charge in [0, 0.05) is 13.1 Å². The van der Waals surface area contributed by atoms with Gasteiger partial charge in [0.05, 0.1) is 6.04 Å². The molecule has 1 amide bonds. The third-order valence-corrected chi connectivity index (χ3v) is 2.52. The lowest BCUT2D eigenvalue weighted by Crippen LogP contribution is -2.51. The molecule has 0 aromatic carbocycles. The van der Waals surface area contributed by atoms with Gasteiger partial charge in [0.1, 0.15) is 12.9 Å². The Kier molecular flexibility index (Phi) is 3.26. The summed E-state index contributed by atoms with van der Waals surface area (Å²) < 4.78 is 6.30. The maximum absolute atomic E-state index is 11.4. The first-order chi connectivity index (χ1) is 8.61. The van der Waals surface area contributed by atoms with Crippen molar-refractivity contribution >= 4 is 12.1 Å². The largest absolute Gasteiger partial charge is 0.475 e. The van der Waals surface area contributed by atoms with Gasteiger partial charge in [-0.05, 0) is 0 Å². The van der Waals surface area contributed by atoms with Crippen LogP contribution < -0.4 is 0 Å². The van der Waals surface area contributed by atoms with Crippen molar-refractivity contribution in [3.05, 3.63) is 24.8 Å². The highest BCUT2D eigenvalue weighted by Gasteiger charge is 2.33. The monoisotopic (exact) mass is 252 g/mol. The van der Waals surface area contributed by atoms with E-state index in [0.717, 1.165) is 0 Å². The summed E-state index contributed by atoms with van der Waals surface area (Å²) in [5.74, 6) is -1.42. The van der Waals surface area contributed by atoms with E-state index in [1.165, 1.54) is 22.0 Å². The molecule has 2 rings (SSSR count). The van der Waals surface area contributed by atoms with Crippen LogP contribution in [0.4, 0.5) is 4.79 Å². The molecular formula is C10H12N4O4.